The minimum Gasteiger partial charge on any atom is -0.357 e. The van der Waals surface area contributed by atoms with Crippen molar-refractivity contribution in [3.63, 3.8) is 0 Å². The molecule has 1 aromatic rings. The maximum Gasteiger partial charge on any atom is 0.222 e. The molecule has 0 bridgehead atoms. The first-order valence-corrected chi connectivity index (χ1v) is 10.7. The van der Waals surface area contributed by atoms with E-state index in [1.807, 2.05) is 16.6 Å². The highest BCUT2D eigenvalue weighted by Gasteiger charge is 2.16. The summed E-state index contributed by atoms with van der Waals surface area (Å²) in [5, 5.41) is 11.3. The molecule has 0 radical (unpaired) electrons. The Morgan fingerprint density at radius 2 is 2.03 bits per heavy atom. The Kier molecular flexibility index (Phi) is 11.6. The Balaban J connectivity index is 0.00000420. The van der Waals surface area contributed by atoms with Crippen LogP contribution in [-0.2, 0) is 18.3 Å². The molecule has 1 amide bonds. The van der Waals surface area contributed by atoms with Crippen LogP contribution in [0.25, 0.3) is 0 Å². The lowest BCUT2D eigenvalue weighted by molar-refractivity contribution is -0.130. The molecule has 166 valence electrons. The summed E-state index contributed by atoms with van der Waals surface area (Å²) in [6.07, 6.45) is 5.86. The number of halogens is 1. The highest BCUT2D eigenvalue weighted by molar-refractivity contribution is 14.0. The molecule has 0 aromatic carbocycles. The second-order valence-corrected chi connectivity index (χ2v) is 7.83. The van der Waals surface area contributed by atoms with Crippen molar-refractivity contribution < 1.29 is 4.79 Å². The topological polar surface area (TPSA) is 74.6 Å². The average molecular weight is 518 g/mol. The maximum atomic E-state index is 12.1. The van der Waals surface area contributed by atoms with Crippen molar-refractivity contribution in [3.8, 4) is 0 Å². The first-order chi connectivity index (χ1) is 13.4. The smallest absolute Gasteiger partial charge is 0.222 e. The van der Waals surface area contributed by atoms with Crippen LogP contribution in [0, 0.1) is 13.8 Å². The van der Waals surface area contributed by atoms with Crippen LogP contribution in [0.1, 0.15) is 62.9 Å². The number of aliphatic imine (C=N–C) groups is 1. The van der Waals surface area contributed by atoms with Crippen LogP contribution in [0.2, 0.25) is 0 Å². The molecular formula is C21H39IN6O. The monoisotopic (exact) mass is 518 g/mol. The molecule has 0 saturated carbocycles. The lowest BCUT2D eigenvalue weighted by atomic mass is 10.1. The molecule has 7 nitrogen and oxygen atoms in total. The van der Waals surface area contributed by atoms with E-state index in [0.717, 1.165) is 63.5 Å². The Hall–Kier alpha value is -1.32. The molecule has 2 heterocycles. The fourth-order valence-electron chi connectivity index (χ4n) is 3.75. The van der Waals surface area contributed by atoms with E-state index in [-0.39, 0.29) is 30.0 Å². The molecule has 1 aliphatic heterocycles. The number of likely N-dealkylation sites (tertiary alicyclic amines) is 1. The summed E-state index contributed by atoms with van der Waals surface area (Å²) in [5.41, 5.74) is 3.62. The van der Waals surface area contributed by atoms with Gasteiger partial charge in [-0.15, -0.1) is 24.0 Å². The number of aromatic nitrogens is 2. The predicted molar refractivity (Wildman–Crippen MR) is 130 cm³/mol. The van der Waals surface area contributed by atoms with Gasteiger partial charge in [-0.05, 0) is 58.9 Å². The third-order valence-electron chi connectivity index (χ3n) is 5.42. The number of amides is 1. The standard InChI is InChI=1S/C21H38N6O.HI/c1-6-22-21(23-12-10-14-27-13-9-7-8-11-20(27)28)24-16(2)15-19-17(3)25-26(5)18(19)4;/h16H,6-15H2,1-5H3,(H2,22,23,24);1H. The Bertz CT molecular complexity index is 672. The molecular weight excluding hydrogens is 479 g/mol. The van der Waals surface area contributed by atoms with E-state index in [9.17, 15) is 4.79 Å². The van der Waals surface area contributed by atoms with Crippen molar-refractivity contribution >= 4 is 35.8 Å². The van der Waals surface area contributed by atoms with Gasteiger partial charge in [-0.1, -0.05) is 6.42 Å². The van der Waals surface area contributed by atoms with Crippen molar-refractivity contribution in [3.05, 3.63) is 17.0 Å². The third-order valence-corrected chi connectivity index (χ3v) is 5.42. The number of hydrogen-bond donors (Lipinski definition) is 2. The van der Waals surface area contributed by atoms with E-state index in [2.05, 4.69) is 43.4 Å². The highest BCUT2D eigenvalue weighted by atomic mass is 127. The highest BCUT2D eigenvalue weighted by Crippen LogP contribution is 2.14. The molecule has 1 aliphatic rings. The van der Waals surface area contributed by atoms with Crippen molar-refractivity contribution in [1.29, 1.82) is 0 Å². The van der Waals surface area contributed by atoms with Gasteiger partial charge in [-0.25, -0.2) is 0 Å². The SMILES string of the molecule is CCNC(=NCCCN1CCCCCC1=O)NC(C)Cc1c(C)nn(C)c1C.I. The van der Waals surface area contributed by atoms with Gasteiger partial charge in [-0.2, -0.15) is 5.10 Å². The van der Waals surface area contributed by atoms with Crippen molar-refractivity contribution in [2.75, 3.05) is 26.2 Å². The number of nitrogens with one attached hydrogen (secondary N) is 2. The normalized spacial score (nSPS) is 16.2. The van der Waals surface area contributed by atoms with Crippen LogP contribution in [0.15, 0.2) is 4.99 Å². The number of carbonyl (C=O) groups is 1. The van der Waals surface area contributed by atoms with Gasteiger partial charge in [0, 0.05) is 51.4 Å². The fourth-order valence-corrected chi connectivity index (χ4v) is 3.75. The summed E-state index contributed by atoms with van der Waals surface area (Å²) in [7, 11) is 1.99. The van der Waals surface area contributed by atoms with Gasteiger partial charge in [0.05, 0.1) is 5.69 Å². The van der Waals surface area contributed by atoms with Crippen LogP contribution in [0.3, 0.4) is 0 Å². The van der Waals surface area contributed by atoms with E-state index in [1.54, 1.807) is 0 Å². The summed E-state index contributed by atoms with van der Waals surface area (Å²) >= 11 is 0. The van der Waals surface area contributed by atoms with Crippen LogP contribution >= 0.6 is 24.0 Å². The van der Waals surface area contributed by atoms with Crippen LogP contribution < -0.4 is 10.6 Å². The molecule has 1 unspecified atom stereocenters. The molecule has 1 fully saturated rings. The number of carbonyl (C=O) groups excluding carboxylic acids is 1. The van der Waals surface area contributed by atoms with Gasteiger partial charge in [-0.3, -0.25) is 14.5 Å². The quantitative estimate of drug-likeness (QED) is 0.240. The van der Waals surface area contributed by atoms with Gasteiger partial charge in [0.2, 0.25) is 5.91 Å². The van der Waals surface area contributed by atoms with Gasteiger partial charge in [0.15, 0.2) is 5.96 Å². The number of aryl methyl sites for hydroxylation is 2. The molecule has 0 aliphatic carbocycles. The summed E-state index contributed by atoms with van der Waals surface area (Å²) in [6.45, 7) is 11.7. The van der Waals surface area contributed by atoms with E-state index in [1.165, 1.54) is 17.7 Å². The predicted octanol–water partition coefficient (Wildman–Crippen LogP) is 2.93. The Labute approximate surface area is 193 Å². The molecule has 1 aromatic heterocycles. The van der Waals surface area contributed by atoms with E-state index < -0.39 is 0 Å². The van der Waals surface area contributed by atoms with E-state index >= 15 is 0 Å². The zero-order valence-electron chi connectivity index (χ0n) is 18.8. The second kappa shape index (κ2) is 13.1. The third kappa shape index (κ3) is 8.14. The number of hydrogen-bond acceptors (Lipinski definition) is 3. The minimum absolute atomic E-state index is 0. The summed E-state index contributed by atoms with van der Waals surface area (Å²) in [4.78, 5) is 18.8. The summed E-state index contributed by atoms with van der Waals surface area (Å²) < 4.78 is 1.95. The molecule has 8 heteroatoms. The van der Waals surface area contributed by atoms with E-state index in [4.69, 9.17) is 4.99 Å². The van der Waals surface area contributed by atoms with E-state index in [0.29, 0.717) is 12.3 Å². The maximum absolute atomic E-state index is 12.1. The lowest BCUT2D eigenvalue weighted by Crippen LogP contribution is -2.43. The fraction of sp³-hybridized carbons (Fsp3) is 0.762. The number of rotatable bonds is 8. The van der Waals surface area contributed by atoms with Crippen LogP contribution in [0.5, 0.6) is 0 Å². The first-order valence-electron chi connectivity index (χ1n) is 10.7. The minimum atomic E-state index is 0. The van der Waals surface area contributed by atoms with Crippen LogP contribution in [-0.4, -0.2) is 58.8 Å². The van der Waals surface area contributed by atoms with Gasteiger partial charge < -0.3 is 15.5 Å². The lowest BCUT2D eigenvalue weighted by Gasteiger charge is -2.20. The van der Waals surface area contributed by atoms with Crippen molar-refractivity contribution in [1.82, 2.24) is 25.3 Å². The van der Waals surface area contributed by atoms with Crippen LogP contribution in [0.4, 0.5) is 0 Å². The Morgan fingerprint density at radius 1 is 1.28 bits per heavy atom. The molecule has 29 heavy (non-hydrogen) atoms. The van der Waals surface area contributed by atoms with Gasteiger partial charge in [0.1, 0.15) is 0 Å². The molecule has 2 N–H and O–H groups in total. The van der Waals surface area contributed by atoms with Gasteiger partial charge in [0.25, 0.3) is 0 Å². The Morgan fingerprint density at radius 3 is 2.69 bits per heavy atom. The molecule has 0 spiro atoms. The zero-order chi connectivity index (χ0) is 20.5. The zero-order valence-corrected chi connectivity index (χ0v) is 21.1. The summed E-state index contributed by atoms with van der Waals surface area (Å²) in [6, 6.07) is 0.256. The van der Waals surface area contributed by atoms with Gasteiger partial charge >= 0.3 is 0 Å². The summed E-state index contributed by atoms with van der Waals surface area (Å²) in [5.74, 6) is 1.15. The largest absolute Gasteiger partial charge is 0.357 e. The average Bonchev–Trinajstić information content (AvgIpc) is 2.79. The van der Waals surface area contributed by atoms with Crippen molar-refractivity contribution in [2.45, 2.75) is 72.3 Å². The molecule has 2 rings (SSSR count). The van der Waals surface area contributed by atoms with Crippen molar-refractivity contribution in [2.24, 2.45) is 12.0 Å². The first kappa shape index (κ1) is 25.7. The molecule has 1 atom stereocenters. The number of guanidine groups is 1. The molecule has 1 saturated heterocycles. The second-order valence-electron chi connectivity index (χ2n) is 7.83. The number of nitrogens with zero attached hydrogens (tertiary/aromatic N) is 4.